The number of aromatic nitrogens is 1. The van der Waals surface area contributed by atoms with Gasteiger partial charge in [0.1, 0.15) is 5.69 Å². The molecular weight excluding hydrogens is 298 g/mol. The fraction of sp³-hybridized carbons (Fsp3) is 0.111. The Kier molecular flexibility index (Phi) is 4.02. The van der Waals surface area contributed by atoms with Crippen molar-refractivity contribution in [3.63, 3.8) is 0 Å². The number of fused-ring (bicyclic) bond motifs is 1. The fourth-order valence-corrected chi connectivity index (χ4v) is 2.33. The molecule has 3 nitrogen and oxygen atoms in total. The molecular formula is C18H14F2N2O. The quantitative estimate of drug-likeness (QED) is 0.794. The zero-order valence-corrected chi connectivity index (χ0v) is 12.4. The van der Waals surface area contributed by atoms with Gasteiger partial charge in [-0.1, -0.05) is 30.3 Å². The first-order valence-corrected chi connectivity index (χ1v) is 7.16. The molecule has 0 aliphatic rings. The highest BCUT2D eigenvalue weighted by Gasteiger charge is 2.14. The Labute approximate surface area is 132 Å². The molecule has 1 amide bonds. The summed E-state index contributed by atoms with van der Waals surface area (Å²) in [5.41, 5.74) is 1.48. The summed E-state index contributed by atoms with van der Waals surface area (Å²) in [6, 6.07) is 14.0. The highest BCUT2D eigenvalue weighted by atomic mass is 19.2. The second-order valence-electron chi connectivity index (χ2n) is 5.26. The first kappa shape index (κ1) is 15.1. The zero-order chi connectivity index (χ0) is 16.4. The topological polar surface area (TPSA) is 42.0 Å². The summed E-state index contributed by atoms with van der Waals surface area (Å²) in [4.78, 5) is 16.6. The van der Waals surface area contributed by atoms with Crippen LogP contribution in [0, 0.1) is 11.6 Å². The lowest BCUT2D eigenvalue weighted by Crippen LogP contribution is -2.27. The summed E-state index contributed by atoms with van der Waals surface area (Å²) in [7, 11) is 0. The molecule has 1 aromatic heterocycles. The fourth-order valence-electron chi connectivity index (χ4n) is 2.33. The number of nitrogens with zero attached hydrogens (tertiary/aromatic N) is 1. The monoisotopic (exact) mass is 312 g/mol. The molecule has 2 aromatic carbocycles. The number of carbonyl (C=O) groups is 1. The highest BCUT2D eigenvalue weighted by molar-refractivity contribution is 5.95. The molecule has 1 unspecified atom stereocenters. The third-order valence-electron chi connectivity index (χ3n) is 3.62. The lowest BCUT2D eigenvalue weighted by atomic mass is 10.1. The molecule has 0 spiro atoms. The number of nitrogens with one attached hydrogen (secondary N) is 1. The van der Waals surface area contributed by atoms with Crippen LogP contribution in [0.5, 0.6) is 0 Å². The van der Waals surface area contributed by atoms with Crippen LogP contribution in [0.2, 0.25) is 0 Å². The molecule has 0 fully saturated rings. The molecule has 3 rings (SSSR count). The third-order valence-corrected chi connectivity index (χ3v) is 3.62. The lowest BCUT2D eigenvalue weighted by Gasteiger charge is -2.14. The molecule has 1 N–H and O–H groups in total. The van der Waals surface area contributed by atoms with Crippen LogP contribution in [0.1, 0.15) is 29.0 Å². The Balaban J connectivity index is 1.80. The van der Waals surface area contributed by atoms with Gasteiger partial charge in [0, 0.05) is 5.39 Å². The van der Waals surface area contributed by atoms with Crippen molar-refractivity contribution in [2.75, 3.05) is 0 Å². The number of hydrogen-bond donors (Lipinski definition) is 1. The largest absolute Gasteiger partial charge is 0.344 e. The summed E-state index contributed by atoms with van der Waals surface area (Å²) in [5, 5.41) is 3.68. The zero-order valence-electron chi connectivity index (χ0n) is 12.4. The number of amides is 1. The number of halogens is 2. The maximum atomic E-state index is 13.3. The van der Waals surface area contributed by atoms with E-state index in [9.17, 15) is 13.6 Å². The van der Waals surface area contributed by atoms with E-state index < -0.39 is 17.7 Å². The van der Waals surface area contributed by atoms with Crippen LogP contribution >= 0.6 is 0 Å². The highest BCUT2D eigenvalue weighted by Crippen LogP contribution is 2.17. The summed E-state index contributed by atoms with van der Waals surface area (Å²) >= 11 is 0. The second-order valence-corrected chi connectivity index (χ2v) is 5.26. The van der Waals surface area contributed by atoms with E-state index in [1.165, 1.54) is 6.07 Å². The van der Waals surface area contributed by atoms with Crippen molar-refractivity contribution in [2.24, 2.45) is 0 Å². The van der Waals surface area contributed by atoms with Crippen LogP contribution in [0.15, 0.2) is 54.6 Å². The van der Waals surface area contributed by atoms with Crippen LogP contribution in [-0.4, -0.2) is 10.9 Å². The van der Waals surface area contributed by atoms with E-state index in [-0.39, 0.29) is 11.6 Å². The van der Waals surface area contributed by atoms with Crippen LogP contribution in [0.4, 0.5) is 8.78 Å². The molecule has 0 saturated heterocycles. The van der Waals surface area contributed by atoms with Gasteiger partial charge in [-0.3, -0.25) is 4.79 Å². The Morgan fingerprint density at radius 3 is 2.61 bits per heavy atom. The van der Waals surface area contributed by atoms with E-state index in [0.717, 1.165) is 23.0 Å². The number of para-hydroxylation sites is 1. The van der Waals surface area contributed by atoms with Gasteiger partial charge < -0.3 is 5.32 Å². The van der Waals surface area contributed by atoms with Gasteiger partial charge in [0.2, 0.25) is 0 Å². The lowest BCUT2D eigenvalue weighted by molar-refractivity contribution is 0.0935. The molecule has 0 aliphatic carbocycles. The Morgan fingerprint density at radius 2 is 1.83 bits per heavy atom. The molecule has 1 heterocycles. The van der Waals surface area contributed by atoms with Gasteiger partial charge in [0.25, 0.3) is 5.91 Å². The maximum Gasteiger partial charge on any atom is 0.270 e. The predicted molar refractivity (Wildman–Crippen MR) is 84.0 cm³/mol. The van der Waals surface area contributed by atoms with E-state index in [0.29, 0.717) is 5.56 Å². The molecule has 3 aromatic rings. The molecule has 0 radical (unpaired) electrons. The van der Waals surface area contributed by atoms with Gasteiger partial charge in [0.15, 0.2) is 11.6 Å². The van der Waals surface area contributed by atoms with Crippen LogP contribution in [0.25, 0.3) is 10.9 Å². The average Bonchev–Trinajstić information content (AvgIpc) is 2.56. The van der Waals surface area contributed by atoms with Crippen LogP contribution < -0.4 is 5.32 Å². The Morgan fingerprint density at radius 1 is 1.04 bits per heavy atom. The number of hydrogen-bond acceptors (Lipinski definition) is 2. The van der Waals surface area contributed by atoms with Gasteiger partial charge >= 0.3 is 0 Å². The van der Waals surface area contributed by atoms with Gasteiger partial charge in [-0.2, -0.15) is 0 Å². The van der Waals surface area contributed by atoms with Gasteiger partial charge in [-0.05, 0) is 36.8 Å². The van der Waals surface area contributed by atoms with Gasteiger partial charge in [-0.25, -0.2) is 13.8 Å². The molecule has 0 saturated carbocycles. The SMILES string of the molecule is CC(NC(=O)c1ccc2ccccc2n1)c1ccc(F)c(F)c1. The van der Waals surface area contributed by atoms with Crippen molar-refractivity contribution in [1.82, 2.24) is 10.3 Å². The first-order valence-electron chi connectivity index (χ1n) is 7.16. The van der Waals surface area contributed by atoms with E-state index >= 15 is 0 Å². The van der Waals surface area contributed by atoms with Crippen molar-refractivity contribution >= 4 is 16.8 Å². The minimum absolute atomic E-state index is 0.276. The van der Waals surface area contributed by atoms with Crippen molar-refractivity contribution in [1.29, 1.82) is 0 Å². The molecule has 0 aliphatic heterocycles. The average molecular weight is 312 g/mol. The van der Waals surface area contributed by atoms with E-state index in [1.807, 2.05) is 30.3 Å². The first-order chi connectivity index (χ1) is 11.0. The number of pyridine rings is 1. The summed E-state index contributed by atoms with van der Waals surface area (Å²) in [5.74, 6) is -2.22. The van der Waals surface area contributed by atoms with Gasteiger partial charge in [-0.15, -0.1) is 0 Å². The standard InChI is InChI=1S/C18H14F2N2O/c1-11(13-6-8-14(19)15(20)10-13)21-18(23)17-9-7-12-4-2-3-5-16(12)22-17/h2-11H,1H3,(H,21,23). The second kappa shape index (κ2) is 6.12. The van der Waals surface area contributed by atoms with E-state index in [4.69, 9.17) is 0 Å². The van der Waals surface area contributed by atoms with Crippen molar-refractivity contribution in [3.8, 4) is 0 Å². The van der Waals surface area contributed by atoms with Crippen LogP contribution in [-0.2, 0) is 0 Å². The molecule has 116 valence electrons. The Bertz CT molecular complexity index is 880. The Hall–Kier alpha value is -2.82. The van der Waals surface area contributed by atoms with Crippen LogP contribution in [0.3, 0.4) is 0 Å². The number of carbonyl (C=O) groups excluding carboxylic acids is 1. The minimum atomic E-state index is -0.938. The molecule has 23 heavy (non-hydrogen) atoms. The smallest absolute Gasteiger partial charge is 0.270 e. The summed E-state index contributed by atoms with van der Waals surface area (Å²) in [6.45, 7) is 1.70. The van der Waals surface area contributed by atoms with Crippen molar-refractivity contribution < 1.29 is 13.6 Å². The predicted octanol–water partition coefficient (Wildman–Crippen LogP) is 4.00. The van der Waals surface area contributed by atoms with Crippen molar-refractivity contribution in [2.45, 2.75) is 13.0 Å². The van der Waals surface area contributed by atoms with Crippen molar-refractivity contribution in [3.05, 3.63) is 77.5 Å². The number of benzene rings is 2. The minimum Gasteiger partial charge on any atom is -0.344 e. The summed E-state index contributed by atoms with van der Waals surface area (Å²) in [6.07, 6.45) is 0. The van der Waals surface area contributed by atoms with E-state index in [1.54, 1.807) is 13.0 Å². The number of rotatable bonds is 3. The van der Waals surface area contributed by atoms with E-state index in [2.05, 4.69) is 10.3 Å². The molecule has 5 heteroatoms. The molecule has 1 atom stereocenters. The third kappa shape index (κ3) is 3.18. The summed E-state index contributed by atoms with van der Waals surface area (Å²) < 4.78 is 26.2. The maximum absolute atomic E-state index is 13.3. The normalized spacial score (nSPS) is 12.1. The van der Waals surface area contributed by atoms with Gasteiger partial charge in [0.05, 0.1) is 11.6 Å². The molecule has 0 bridgehead atoms.